The van der Waals surface area contributed by atoms with Gasteiger partial charge in [-0.25, -0.2) is 9.18 Å². The summed E-state index contributed by atoms with van der Waals surface area (Å²) in [5.74, 6) is -2.60. The van der Waals surface area contributed by atoms with Crippen molar-refractivity contribution < 1.29 is 27.8 Å². The average Bonchev–Trinajstić information content (AvgIpc) is 3.42. The second-order valence-corrected chi connectivity index (χ2v) is 7.92. The highest BCUT2D eigenvalue weighted by molar-refractivity contribution is 5.97. The van der Waals surface area contributed by atoms with Gasteiger partial charge in [0.25, 0.3) is 0 Å². The number of fused-ring (bicyclic) bond motifs is 2. The normalized spacial score (nSPS) is 15.6. The lowest BCUT2D eigenvalue weighted by Crippen LogP contribution is -2.23. The van der Waals surface area contributed by atoms with Crippen molar-refractivity contribution in [1.82, 2.24) is 14.3 Å². The molecule has 0 unspecified atom stereocenters. The number of alkyl halides is 2. The molecule has 168 valence electrons. The van der Waals surface area contributed by atoms with Gasteiger partial charge in [0, 0.05) is 31.4 Å². The van der Waals surface area contributed by atoms with Gasteiger partial charge in [-0.1, -0.05) is 0 Å². The minimum atomic E-state index is -3.30. The molecule has 0 saturated heterocycles. The van der Waals surface area contributed by atoms with Crippen LogP contribution in [0.25, 0.3) is 10.9 Å². The van der Waals surface area contributed by atoms with E-state index in [0.717, 1.165) is 12.3 Å². The van der Waals surface area contributed by atoms with Gasteiger partial charge >= 0.3 is 12.6 Å². The smallest absolute Gasteiger partial charge is 0.387 e. The van der Waals surface area contributed by atoms with E-state index in [1.165, 1.54) is 14.1 Å². The summed E-state index contributed by atoms with van der Waals surface area (Å²) >= 11 is 0. The number of hydrogen-bond donors (Lipinski definition) is 2. The fourth-order valence-corrected chi connectivity index (χ4v) is 4.25. The van der Waals surface area contributed by atoms with Gasteiger partial charge in [-0.2, -0.15) is 13.9 Å². The van der Waals surface area contributed by atoms with Gasteiger partial charge < -0.3 is 25.0 Å². The minimum Gasteiger partial charge on any atom is -0.477 e. The lowest BCUT2D eigenvalue weighted by molar-refractivity contribution is -0.0488. The molecular formula is C20H18F3N5O4. The Hall–Kier alpha value is -3.70. The summed E-state index contributed by atoms with van der Waals surface area (Å²) in [6.45, 7) is -3.09. The molecule has 3 aromatic rings. The van der Waals surface area contributed by atoms with Crippen molar-refractivity contribution in [1.29, 1.82) is 0 Å². The number of carboxylic acid groups (broad SMARTS) is 1. The summed E-state index contributed by atoms with van der Waals surface area (Å²) in [4.78, 5) is 25.8. The van der Waals surface area contributed by atoms with E-state index in [0.29, 0.717) is 29.9 Å². The molecule has 9 nitrogen and oxygen atoms in total. The molecule has 2 aliphatic rings. The highest BCUT2D eigenvalue weighted by atomic mass is 19.3. The number of nitrogen functional groups attached to an aromatic ring is 1. The Balaban J connectivity index is 1.78. The first-order valence-corrected chi connectivity index (χ1v) is 9.82. The molecule has 0 atom stereocenters. The number of nitrogens with two attached hydrogens (primary N) is 1. The number of benzene rings is 1. The number of nitrogens with zero attached hydrogens (tertiary/aromatic N) is 4. The first-order chi connectivity index (χ1) is 15.2. The molecule has 12 heteroatoms. The van der Waals surface area contributed by atoms with Crippen LogP contribution in [0, 0.1) is 5.82 Å². The summed E-state index contributed by atoms with van der Waals surface area (Å²) in [5, 5.41) is 13.3. The van der Waals surface area contributed by atoms with Crippen LogP contribution in [-0.2, 0) is 20.1 Å². The Morgan fingerprint density at radius 1 is 1.34 bits per heavy atom. The number of halogens is 3. The molecule has 1 fully saturated rings. The summed E-state index contributed by atoms with van der Waals surface area (Å²) in [5.41, 5.74) is 5.39. The molecule has 1 saturated carbocycles. The van der Waals surface area contributed by atoms with Gasteiger partial charge in [0.2, 0.25) is 5.43 Å². The van der Waals surface area contributed by atoms with Crippen LogP contribution < -0.4 is 20.8 Å². The maximum Gasteiger partial charge on any atom is 0.387 e. The number of anilines is 2. The van der Waals surface area contributed by atoms with E-state index in [2.05, 4.69) is 5.10 Å². The van der Waals surface area contributed by atoms with Gasteiger partial charge in [-0.05, 0) is 18.9 Å². The molecule has 0 bridgehead atoms. The van der Waals surface area contributed by atoms with Crippen LogP contribution in [-0.4, -0.2) is 32.0 Å². The van der Waals surface area contributed by atoms with Crippen LogP contribution in [0.5, 0.6) is 5.75 Å². The summed E-state index contributed by atoms with van der Waals surface area (Å²) in [6, 6.07) is 0.681. The Kier molecular flexibility index (Phi) is 4.36. The van der Waals surface area contributed by atoms with E-state index in [-0.39, 0.29) is 35.7 Å². The third-order valence-electron chi connectivity index (χ3n) is 5.86. The molecule has 5 rings (SSSR count). The predicted octanol–water partition coefficient (Wildman–Crippen LogP) is 2.61. The van der Waals surface area contributed by atoms with Crippen molar-refractivity contribution in [3.05, 3.63) is 45.1 Å². The molecule has 0 amide bonds. The highest BCUT2D eigenvalue weighted by Crippen LogP contribution is 2.46. The molecule has 1 aliphatic carbocycles. The van der Waals surface area contributed by atoms with Crippen molar-refractivity contribution in [2.75, 3.05) is 10.6 Å². The molecule has 1 aromatic carbocycles. The first-order valence-electron chi connectivity index (χ1n) is 9.82. The monoisotopic (exact) mass is 449 g/mol. The molecule has 2 aromatic heterocycles. The van der Waals surface area contributed by atoms with Gasteiger partial charge in [0.15, 0.2) is 11.6 Å². The van der Waals surface area contributed by atoms with E-state index >= 15 is 4.39 Å². The Morgan fingerprint density at radius 3 is 2.66 bits per heavy atom. The lowest BCUT2D eigenvalue weighted by atomic mass is 10.1. The quantitative estimate of drug-likeness (QED) is 0.615. The highest BCUT2D eigenvalue weighted by Gasteiger charge is 2.35. The van der Waals surface area contributed by atoms with Crippen molar-refractivity contribution in [2.24, 2.45) is 7.05 Å². The number of pyridine rings is 1. The summed E-state index contributed by atoms with van der Waals surface area (Å²) in [7, 11) is 1.66. The van der Waals surface area contributed by atoms with Crippen LogP contribution in [0.1, 0.15) is 40.5 Å². The zero-order chi connectivity index (χ0) is 22.9. The zero-order valence-corrected chi connectivity index (χ0v) is 16.8. The van der Waals surface area contributed by atoms with Crippen LogP contribution in [0.4, 0.5) is 24.7 Å². The van der Waals surface area contributed by atoms with Crippen molar-refractivity contribution in [3.8, 4) is 5.75 Å². The molecule has 3 N–H and O–H groups in total. The summed E-state index contributed by atoms with van der Waals surface area (Å²) < 4.78 is 49.9. The Labute approximate surface area is 178 Å². The van der Waals surface area contributed by atoms with E-state index in [9.17, 15) is 23.5 Å². The Bertz CT molecular complexity index is 1350. The van der Waals surface area contributed by atoms with E-state index in [4.69, 9.17) is 10.5 Å². The average molecular weight is 449 g/mol. The van der Waals surface area contributed by atoms with Crippen LogP contribution >= 0.6 is 0 Å². The van der Waals surface area contributed by atoms with Crippen LogP contribution in [0.2, 0.25) is 0 Å². The molecule has 0 radical (unpaired) electrons. The van der Waals surface area contributed by atoms with Crippen molar-refractivity contribution in [3.63, 3.8) is 0 Å². The van der Waals surface area contributed by atoms with E-state index in [1.807, 2.05) is 0 Å². The van der Waals surface area contributed by atoms with Crippen LogP contribution in [0.15, 0.2) is 17.1 Å². The number of aromatic carboxylic acids is 1. The number of aromatic nitrogens is 3. The number of rotatable bonds is 5. The standard InChI is InChI=1S/C20H18F3N5O4/c1-26-18(24)10-5-27(7-13(10)25-26)15-12(21)4-9-14(17(15)32-20(22)23)28(8-2-3-8)6-11(16(9)29)19(30)31/h4,6,8,20H,2-3,5,7,24H2,1H3,(H,30,31). The fourth-order valence-electron chi connectivity index (χ4n) is 4.25. The summed E-state index contributed by atoms with van der Waals surface area (Å²) in [6.07, 6.45) is 2.44. The number of aryl methyl sites for hydroxylation is 1. The largest absolute Gasteiger partial charge is 0.477 e. The van der Waals surface area contributed by atoms with Crippen molar-refractivity contribution >= 4 is 28.4 Å². The Morgan fingerprint density at radius 2 is 2.06 bits per heavy atom. The molecule has 3 heterocycles. The van der Waals surface area contributed by atoms with Gasteiger partial charge in [-0.3, -0.25) is 9.48 Å². The molecule has 1 aliphatic heterocycles. The van der Waals surface area contributed by atoms with Gasteiger partial charge in [-0.15, -0.1) is 0 Å². The molecule has 32 heavy (non-hydrogen) atoms. The van der Waals surface area contributed by atoms with E-state index in [1.54, 1.807) is 7.05 Å². The van der Waals surface area contributed by atoms with Crippen LogP contribution in [0.3, 0.4) is 0 Å². The fraction of sp³-hybridized carbons (Fsp3) is 0.350. The van der Waals surface area contributed by atoms with Crippen molar-refractivity contribution in [2.45, 2.75) is 38.6 Å². The maximum atomic E-state index is 15.3. The number of ether oxygens (including phenoxy) is 1. The minimum absolute atomic E-state index is 0.0581. The van der Waals surface area contributed by atoms with Gasteiger partial charge in [0.05, 0.1) is 23.1 Å². The third kappa shape index (κ3) is 2.97. The number of carboxylic acids is 1. The second-order valence-electron chi connectivity index (χ2n) is 7.92. The van der Waals surface area contributed by atoms with E-state index < -0.39 is 35.1 Å². The second kappa shape index (κ2) is 6.90. The lowest BCUT2D eigenvalue weighted by Gasteiger charge is -2.25. The first kappa shape index (κ1) is 20.2. The zero-order valence-electron chi connectivity index (χ0n) is 16.8. The molecule has 0 spiro atoms. The maximum absolute atomic E-state index is 15.3. The number of hydrogen-bond acceptors (Lipinski definition) is 6. The topological polar surface area (TPSA) is 116 Å². The number of carbonyl (C=O) groups is 1. The van der Waals surface area contributed by atoms with Gasteiger partial charge in [0.1, 0.15) is 17.1 Å². The third-order valence-corrected chi connectivity index (χ3v) is 5.86. The molecular weight excluding hydrogens is 431 g/mol. The SMILES string of the molecule is Cn1nc2c(c1N)CN(c1c(F)cc3c(=O)c(C(=O)O)cn(C4CC4)c3c1OC(F)F)C2. The predicted molar refractivity (Wildman–Crippen MR) is 108 cm³/mol.